The Morgan fingerprint density at radius 2 is 1.82 bits per heavy atom. The standard InChI is InChI=1S/C22H17N3O2S/c26-21-18-8-4-3-7-17(18)19(27-21)13-25-20(23-24-22(25)28)12-14-9-10-15-5-1-2-6-16(15)11-14/h1-11,19H,12-13H2,(H,24,28). The quantitative estimate of drug-likeness (QED) is 0.411. The Labute approximate surface area is 166 Å². The van der Waals surface area contributed by atoms with Gasteiger partial charge in [0.15, 0.2) is 4.77 Å². The first-order valence-electron chi connectivity index (χ1n) is 9.11. The first kappa shape index (κ1) is 16.9. The number of rotatable bonds is 4. The SMILES string of the molecule is O=C1OC(Cn2c(Cc3ccc4ccccc4c3)n[nH]c2=S)c2ccccc21. The van der Waals surface area contributed by atoms with Crippen molar-refractivity contribution in [1.29, 1.82) is 0 Å². The third-order valence-electron chi connectivity index (χ3n) is 5.14. The topological polar surface area (TPSA) is 59.9 Å². The number of esters is 1. The van der Waals surface area contributed by atoms with Gasteiger partial charge in [-0.3, -0.25) is 9.67 Å². The Balaban J connectivity index is 1.45. The third-order valence-corrected chi connectivity index (χ3v) is 5.45. The van der Waals surface area contributed by atoms with E-state index < -0.39 is 0 Å². The molecule has 1 aliphatic rings. The summed E-state index contributed by atoms with van der Waals surface area (Å²) in [6, 6.07) is 22.1. The molecule has 138 valence electrons. The van der Waals surface area contributed by atoms with Crippen LogP contribution in [0.4, 0.5) is 0 Å². The van der Waals surface area contributed by atoms with E-state index in [1.165, 1.54) is 10.8 Å². The molecule has 0 aliphatic carbocycles. The van der Waals surface area contributed by atoms with E-state index in [1.807, 2.05) is 34.9 Å². The summed E-state index contributed by atoms with van der Waals surface area (Å²) in [6.07, 6.45) is 0.281. The summed E-state index contributed by atoms with van der Waals surface area (Å²) in [5.74, 6) is 0.535. The van der Waals surface area contributed by atoms with Crippen molar-refractivity contribution in [3.8, 4) is 0 Å². The number of ether oxygens (including phenoxy) is 1. The van der Waals surface area contributed by atoms with Crippen LogP contribution in [-0.4, -0.2) is 20.7 Å². The van der Waals surface area contributed by atoms with Crippen LogP contribution >= 0.6 is 12.2 Å². The van der Waals surface area contributed by atoms with Crippen LogP contribution in [0.3, 0.4) is 0 Å². The molecular weight excluding hydrogens is 370 g/mol. The zero-order valence-electron chi connectivity index (χ0n) is 15.0. The fraction of sp³-hybridized carbons (Fsp3) is 0.136. The second-order valence-electron chi connectivity index (χ2n) is 6.90. The molecule has 0 saturated heterocycles. The summed E-state index contributed by atoms with van der Waals surface area (Å²) in [5, 5.41) is 9.69. The van der Waals surface area contributed by atoms with Crippen molar-refractivity contribution in [1.82, 2.24) is 14.8 Å². The molecule has 0 radical (unpaired) electrons. The number of nitrogens with zero attached hydrogens (tertiary/aromatic N) is 2. The number of fused-ring (bicyclic) bond motifs is 2. The molecular formula is C22H17N3O2S. The van der Waals surface area contributed by atoms with E-state index in [-0.39, 0.29) is 12.1 Å². The van der Waals surface area contributed by atoms with Gasteiger partial charge in [-0.25, -0.2) is 4.79 Å². The summed E-state index contributed by atoms with van der Waals surface area (Å²) in [4.78, 5) is 12.1. The average molecular weight is 387 g/mol. The number of hydrogen-bond acceptors (Lipinski definition) is 4. The fourth-order valence-electron chi connectivity index (χ4n) is 3.73. The van der Waals surface area contributed by atoms with Crippen LogP contribution in [0.2, 0.25) is 0 Å². The molecule has 0 fully saturated rings. The monoisotopic (exact) mass is 387 g/mol. The molecule has 4 aromatic rings. The van der Waals surface area contributed by atoms with Gasteiger partial charge in [-0.05, 0) is 34.6 Å². The molecule has 0 saturated carbocycles. The van der Waals surface area contributed by atoms with Crippen molar-refractivity contribution in [2.24, 2.45) is 0 Å². The highest BCUT2D eigenvalue weighted by molar-refractivity contribution is 7.71. The zero-order chi connectivity index (χ0) is 19.1. The van der Waals surface area contributed by atoms with E-state index >= 15 is 0 Å². The van der Waals surface area contributed by atoms with Gasteiger partial charge in [0.25, 0.3) is 0 Å². The molecule has 3 aromatic carbocycles. The summed E-state index contributed by atoms with van der Waals surface area (Å²) in [5.41, 5.74) is 2.67. The van der Waals surface area contributed by atoms with Gasteiger partial charge < -0.3 is 4.74 Å². The number of carbonyl (C=O) groups excluding carboxylic acids is 1. The van der Waals surface area contributed by atoms with Gasteiger partial charge in [-0.1, -0.05) is 60.7 Å². The number of H-pyrrole nitrogens is 1. The molecule has 1 unspecified atom stereocenters. The third kappa shape index (κ3) is 2.92. The highest BCUT2D eigenvalue weighted by Crippen LogP contribution is 2.32. The maximum Gasteiger partial charge on any atom is 0.339 e. The first-order valence-corrected chi connectivity index (χ1v) is 9.51. The van der Waals surface area contributed by atoms with Crippen molar-refractivity contribution in [3.05, 3.63) is 94.0 Å². The molecule has 28 heavy (non-hydrogen) atoms. The lowest BCUT2D eigenvalue weighted by Gasteiger charge is -2.13. The van der Waals surface area contributed by atoms with Crippen LogP contribution in [0.15, 0.2) is 66.7 Å². The molecule has 1 N–H and O–H groups in total. The average Bonchev–Trinajstić information content (AvgIpc) is 3.23. The molecule has 1 atom stereocenters. The van der Waals surface area contributed by atoms with Crippen molar-refractivity contribution in [2.45, 2.75) is 19.1 Å². The van der Waals surface area contributed by atoms with Crippen LogP contribution in [0.25, 0.3) is 10.8 Å². The minimum atomic E-state index is -0.358. The van der Waals surface area contributed by atoms with E-state index in [0.717, 1.165) is 17.0 Å². The van der Waals surface area contributed by atoms with Crippen molar-refractivity contribution < 1.29 is 9.53 Å². The number of benzene rings is 3. The van der Waals surface area contributed by atoms with E-state index in [0.29, 0.717) is 23.3 Å². The molecule has 2 heterocycles. The van der Waals surface area contributed by atoms with E-state index in [9.17, 15) is 4.79 Å². The molecule has 0 spiro atoms. The lowest BCUT2D eigenvalue weighted by molar-refractivity contribution is 0.0347. The smallest absolute Gasteiger partial charge is 0.339 e. The normalized spacial score (nSPS) is 15.6. The number of carbonyl (C=O) groups is 1. The lowest BCUT2D eigenvalue weighted by atomic mass is 10.0. The number of hydrogen-bond donors (Lipinski definition) is 1. The summed E-state index contributed by atoms with van der Waals surface area (Å²) >= 11 is 5.43. The Morgan fingerprint density at radius 1 is 1.04 bits per heavy atom. The summed E-state index contributed by atoms with van der Waals surface area (Å²) < 4.78 is 8.02. The van der Waals surface area contributed by atoms with Crippen molar-refractivity contribution in [3.63, 3.8) is 0 Å². The highest BCUT2D eigenvalue weighted by Gasteiger charge is 2.31. The van der Waals surface area contributed by atoms with Gasteiger partial charge >= 0.3 is 5.97 Å². The van der Waals surface area contributed by atoms with Crippen molar-refractivity contribution >= 4 is 29.0 Å². The molecule has 0 bridgehead atoms. The van der Waals surface area contributed by atoms with Gasteiger partial charge in [0, 0.05) is 12.0 Å². The van der Waals surface area contributed by atoms with Gasteiger partial charge in [0.05, 0.1) is 12.1 Å². The van der Waals surface area contributed by atoms with Gasteiger partial charge in [-0.15, -0.1) is 0 Å². The predicted molar refractivity (Wildman–Crippen MR) is 109 cm³/mol. The molecule has 1 aliphatic heterocycles. The molecule has 6 heteroatoms. The summed E-state index contributed by atoms with van der Waals surface area (Å²) in [7, 11) is 0. The Kier molecular flexibility index (Phi) is 4.06. The highest BCUT2D eigenvalue weighted by atomic mass is 32.1. The van der Waals surface area contributed by atoms with Gasteiger partial charge in [0.2, 0.25) is 0 Å². The Morgan fingerprint density at radius 3 is 2.71 bits per heavy atom. The number of aromatic amines is 1. The largest absolute Gasteiger partial charge is 0.452 e. The number of nitrogens with one attached hydrogen (secondary N) is 1. The van der Waals surface area contributed by atoms with E-state index in [1.54, 1.807) is 6.07 Å². The molecule has 0 amide bonds. The Bertz CT molecular complexity index is 1260. The predicted octanol–water partition coefficient (Wildman–Crippen LogP) is 4.60. The first-order chi connectivity index (χ1) is 13.7. The molecule has 5 rings (SSSR count). The van der Waals surface area contributed by atoms with E-state index in [4.69, 9.17) is 17.0 Å². The Hall–Kier alpha value is -3.25. The van der Waals surface area contributed by atoms with Crippen LogP contribution in [0.1, 0.15) is 33.4 Å². The second kappa shape index (κ2) is 6.73. The minimum Gasteiger partial charge on any atom is -0.452 e. The molecule has 5 nitrogen and oxygen atoms in total. The second-order valence-corrected chi connectivity index (χ2v) is 7.28. The van der Waals surface area contributed by atoms with E-state index in [2.05, 4.69) is 40.5 Å². The van der Waals surface area contributed by atoms with Crippen LogP contribution in [-0.2, 0) is 17.7 Å². The maximum absolute atomic E-state index is 12.1. The number of cyclic esters (lactones) is 1. The van der Waals surface area contributed by atoms with Gasteiger partial charge in [0.1, 0.15) is 11.9 Å². The van der Waals surface area contributed by atoms with Crippen LogP contribution in [0, 0.1) is 4.77 Å². The molecule has 1 aromatic heterocycles. The zero-order valence-corrected chi connectivity index (χ0v) is 15.8. The minimum absolute atomic E-state index is 0.285. The summed E-state index contributed by atoms with van der Waals surface area (Å²) in [6.45, 7) is 0.445. The number of aromatic nitrogens is 3. The fourth-order valence-corrected chi connectivity index (χ4v) is 3.95. The lowest BCUT2D eigenvalue weighted by Crippen LogP contribution is -2.12. The van der Waals surface area contributed by atoms with Crippen LogP contribution < -0.4 is 0 Å². The van der Waals surface area contributed by atoms with Crippen molar-refractivity contribution in [2.75, 3.05) is 0 Å². The maximum atomic E-state index is 12.1. The van der Waals surface area contributed by atoms with Crippen LogP contribution in [0.5, 0.6) is 0 Å². The van der Waals surface area contributed by atoms with Gasteiger partial charge in [-0.2, -0.15) is 5.10 Å².